The van der Waals surface area contributed by atoms with Crippen molar-refractivity contribution < 1.29 is 9.50 Å². The largest absolute Gasteiger partial charge is 0.391 e. The highest BCUT2D eigenvalue weighted by Gasteiger charge is 2.33. The van der Waals surface area contributed by atoms with E-state index in [0.717, 1.165) is 18.7 Å². The third-order valence-corrected chi connectivity index (χ3v) is 4.17. The summed E-state index contributed by atoms with van der Waals surface area (Å²) >= 11 is 0. The number of halogens is 1. The Balaban J connectivity index is 2.37. The Labute approximate surface area is 126 Å². The lowest BCUT2D eigenvalue weighted by Gasteiger charge is -2.31. The number of aliphatic hydroxyl groups excluding tert-OH is 1. The zero-order valence-electron chi connectivity index (χ0n) is 13.3. The first-order chi connectivity index (χ1) is 9.93. The maximum atomic E-state index is 14.3. The number of nitrogens with one attached hydrogen (secondary N) is 1. The molecule has 0 amide bonds. The summed E-state index contributed by atoms with van der Waals surface area (Å²) in [6.45, 7) is 3.36. The Hall–Kier alpha value is -1.17. The molecule has 1 heterocycles. The van der Waals surface area contributed by atoms with E-state index >= 15 is 0 Å². The topological polar surface area (TPSA) is 38.7 Å². The zero-order valence-corrected chi connectivity index (χ0v) is 13.3. The average Bonchev–Trinajstić information content (AvgIpc) is 2.77. The van der Waals surface area contributed by atoms with Crippen molar-refractivity contribution in [3.63, 3.8) is 0 Å². The molecule has 3 atom stereocenters. The highest BCUT2D eigenvalue weighted by Crippen LogP contribution is 2.33. The van der Waals surface area contributed by atoms with Gasteiger partial charge in [0, 0.05) is 36.4 Å². The Morgan fingerprint density at radius 1 is 1.48 bits per heavy atom. The van der Waals surface area contributed by atoms with Crippen LogP contribution in [0.2, 0.25) is 0 Å². The van der Waals surface area contributed by atoms with Crippen LogP contribution in [0, 0.1) is 5.82 Å². The van der Waals surface area contributed by atoms with E-state index in [1.807, 2.05) is 34.1 Å². The van der Waals surface area contributed by atoms with Crippen molar-refractivity contribution in [3.05, 3.63) is 29.6 Å². The minimum atomic E-state index is -0.351. The van der Waals surface area contributed by atoms with Crippen molar-refractivity contribution in [3.8, 4) is 0 Å². The van der Waals surface area contributed by atoms with Gasteiger partial charge in [-0.1, -0.05) is 6.07 Å². The molecule has 0 bridgehead atoms. The summed E-state index contributed by atoms with van der Waals surface area (Å²) in [5.41, 5.74) is 1.57. The molecule has 1 aromatic rings. The van der Waals surface area contributed by atoms with Crippen molar-refractivity contribution in [2.45, 2.75) is 31.5 Å². The van der Waals surface area contributed by atoms with Gasteiger partial charge in [0.15, 0.2) is 0 Å². The molecule has 1 aliphatic rings. The average molecular weight is 295 g/mol. The fourth-order valence-corrected chi connectivity index (χ4v) is 3.13. The molecule has 0 spiro atoms. The fraction of sp³-hybridized carbons (Fsp3) is 0.625. The van der Waals surface area contributed by atoms with E-state index < -0.39 is 0 Å². The van der Waals surface area contributed by atoms with Gasteiger partial charge in [0.1, 0.15) is 5.82 Å². The van der Waals surface area contributed by atoms with Gasteiger partial charge in [-0.15, -0.1) is 0 Å². The van der Waals surface area contributed by atoms with Gasteiger partial charge < -0.3 is 20.2 Å². The standard InChI is InChI=1S/C16H26FN3O/c1-11(18-2)16-14(17)6-5-7-15(16)20-10-13(21)8-12(20)9-19(3)4/h5-7,11-13,18,21H,8-10H2,1-4H3. The second kappa shape index (κ2) is 6.73. The minimum Gasteiger partial charge on any atom is -0.391 e. The minimum absolute atomic E-state index is 0.0704. The van der Waals surface area contributed by atoms with E-state index in [4.69, 9.17) is 0 Å². The molecule has 4 nitrogen and oxygen atoms in total. The fourth-order valence-electron chi connectivity index (χ4n) is 3.13. The van der Waals surface area contributed by atoms with E-state index in [9.17, 15) is 9.50 Å². The van der Waals surface area contributed by atoms with Crippen LogP contribution in [0.3, 0.4) is 0 Å². The molecular weight excluding hydrogens is 269 g/mol. The van der Waals surface area contributed by atoms with Crippen molar-refractivity contribution in [1.82, 2.24) is 10.2 Å². The van der Waals surface area contributed by atoms with Gasteiger partial charge in [-0.05, 0) is 46.6 Å². The van der Waals surface area contributed by atoms with Gasteiger partial charge in [0.2, 0.25) is 0 Å². The molecule has 3 unspecified atom stereocenters. The molecule has 0 saturated carbocycles. The van der Waals surface area contributed by atoms with Gasteiger partial charge in [-0.25, -0.2) is 4.39 Å². The van der Waals surface area contributed by atoms with Crippen LogP contribution in [0.15, 0.2) is 18.2 Å². The van der Waals surface area contributed by atoms with Crippen LogP contribution in [0.5, 0.6) is 0 Å². The smallest absolute Gasteiger partial charge is 0.130 e. The summed E-state index contributed by atoms with van der Waals surface area (Å²) < 4.78 is 14.3. The number of benzene rings is 1. The quantitative estimate of drug-likeness (QED) is 0.865. The summed E-state index contributed by atoms with van der Waals surface area (Å²) in [6.07, 6.45) is 0.373. The molecular formula is C16H26FN3O. The first kappa shape index (κ1) is 16.2. The maximum Gasteiger partial charge on any atom is 0.130 e. The van der Waals surface area contributed by atoms with Crippen LogP contribution in [0.4, 0.5) is 10.1 Å². The molecule has 0 aromatic heterocycles. The maximum absolute atomic E-state index is 14.3. The Morgan fingerprint density at radius 3 is 2.81 bits per heavy atom. The van der Waals surface area contributed by atoms with Crippen molar-refractivity contribution >= 4 is 5.69 Å². The van der Waals surface area contributed by atoms with Gasteiger partial charge in [0.05, 0.1) is 6.10 Å². The number of hydrogen-bond acceptors (Lipinski definition) is 4. The van der Waals surface area contributed by atoms with E-state index in [-0.39, 0.29) is 24.0 Å². The van der Waals surface area contributed by atoms with Gasteiger partial charge in [0.25, 0.3) is 0 Å². The zero-order chi connectivity index (χ0) is 15.6. The number of β-amino-alcohol motifs (C(OH)–C–C–N with tert-alkyl or cyclic N) is 1. The number of nitrogens with zero attached hydrogens (tertiary/aromatic N) is 2. The van der Waals surface area contributed by atoms with Crippen LogP contribution in [0.25, 0.3) is 0 Å². The van der Waals surface area contributed by atoms with E-state index in [2.05, 4.69) is 15.1 Å². The van der Waals surface area contributed by atoms with Crippen LogP contribution < -0.4 is 10.2 Å². The molecule has 1 saturated heterocycles. The van der Waals surface area contributed by atoms with Gasteiger partial charge in [-0.2, -0.15) is 0 Å². The summed E-state index contributed by atoms with van der Waals surface area (Å²) in [5, 5.41) is 13.1. The van der Waals surface area contributed by atoms with Gasteiger partial charge in [-0.3, -0.25) is 0 Å². The lowest BCUT2D eigenvalue weighted by Crippen LogP contribution is -2.38. The van der Waals surface area contributed by atoms with Crippen molar-refractivity contribution in [2.75, 3.05) is 39.1 Å². The third kappa shape index (κ3) is 3.54. The summed E-state index contributed by atoms with van der Waals surface area (Å²) in [7, 11) is 5.87. The highest BCUT2D eigenvalue weighted by molar-refractivity contribution is 5.57. The number of likely N-dealkylation sites (N-methyl/N-ethyl adjacent to an activating group) is 1. The monoisotopic (exact) mass is 295 g/mol. The van der Waals surface area contributed by atoms with Crippen molar-refractivity contribution in [1.29, 1.82) is 0 Å². The van der Waals surface area contributed by atoms with E-state index in [1.165, 1.54) is 6.07 Å². The molecule has 1 aromatic carbocycles. The molecule has 0 radical (unpaired) electrons. The third-order valence-electron chi connectivity index (χ3n) is 4.17. The SMILES string of the molecule is CNC(C)c1c(F)cccc1N1CC(O)CC1CN(C)C. The predicted molar refractivity (Wildman–Crippen MR) is 84.2 cm³/mol. The highest BCUT2D eigenvalue weighted by atomic mass is 19.1. The molecule has 21 heavy (non-hydrogen) atoms. The molecule has 5 heteroatoms. The molecule has 118 valence electrons. The summed E-state index contributed by atoms with van der Waals surface area (Å²) in [6, 6.07) is 5.33. The second-order valence-electron chi connectivity index (χ2n) is 6.14. The second-order valence-corrected chi connectivity index (χ2v) is 6.14. The van der Waals surface area contributed by atoms with E-state index in [1.54, 1.807) is 6.07 Å². The molecule has 1 aliphatic heterocycles. The first-order valence-corrected chi connectivity index (χ1v) is 7.49. The number of rotatable bonds is 5. The van der Waals surface area contributed by atoms with E-state index in [0.29, 0.717) is 12.1 Å². The Morgan fingerprint density at radius 2 is 2.19 bits per heavy atom. The molecule has 1 fully saturated rings. The number of anilines is 1. The predicted octanol–water partition coefficient (Wildman–Crippen LogP) is 1.61. The van der Waals surface area contributed by atoms with Crippen LogP contribution in [0.1, 0.15) is 24.9 Å². The van der Waals surface area contributed by atoms with Crippen LogP contribution in [-0.4, -0.2) is 56.4 Å². The Bertz CT molecular complexity index is 481. The normalized spacial score (nSPS) is 23.9. The number of hydrogen-bond donors (Lipinski definition) is 2. The van der Waals surface area contributed by atoms with Crippen LogP contribution in [-0.2, 0) is 0 Å². The Kier molecular flexibility index (Phi) is 5.19. The van der Waals surface area contributed by atoms with Crippen LogP contribution >= 0.6 is 0 Å². The lowest BCUT2D eigenvalue weighted by atomic mass is 10.0. The summed E-state index contributed by atoms with van der Waals surface area (Å²) in [5.74, 6) is -0.195. The molecule has 0 aliphatic carbocycles. The molecule has 2 N–H and O–H groups in total. The summed E-state index contributed by atoms with van der Waals surface area (Å²) in [4.78, 5) is 4.26. The first-order valence-electron chi connectivity index (χ1n) is 7.49. The molecule has 2 rings (SSSR count). The van der Waals surface area contributed by atoms with Gasteiger partial charge >= 0.3 is 0 Å². The lowest BCUT2D eigenvalue weighted by molar-refractivity contribution is 0.191. The number of aliphatic hydroxyl groups is 1. The van der Waals surface area contributed by atoms with Crippen molar-refractivity contribution in [2.24, 2.45) is 0 Å².